The molecule has 660 valence electrons. The highest BCUT2D eigenvalue weighted by Crippen LogP contribution is 2.55. The second-order valence-electron chi connectivity index (χ2n) is 34.0. The first-order chi connectivity index (χ1) is 62.8. The van der Waals surface area contributed by atoms with Crippen LogP contribution in [0.4, 0.5) is 125 Å². The molecule has 0 aliphatic carbocycles. The van der Waals surface area contributed by atoms with Gasteiger partial charge in [-0.1, -0.05) is 111 Å². The fraction of sp³-hybridized carbons (Fsp3) is 0.296. The maximum atomic E-state index is 7.49. The van der Waals surface area contributed by atoms with E-state index in [1.54, 1.807) is 0 Å². The first kappa shape index (κ1) is 95.8. The summed E-state index contributed by atoms with van der Waals surface area (Å²) in [6.45, 7) is 130. The van der Waals surface area contributed by atoms with Gasteiger partial charge in [0.2, 0.25) is 24.0 Å². The van der Waals surface area contributed by atoms with Crippen molar-refractivity contribution in [2.75, 3.05) is 91.3 Å². The Hall–Kier alpha value is -16.8. The lowest BCUT2D eigenvalue weighted by Crippen LogP contribution is -2.36. The Kier molecular flexibility index (Phi) is 28.4. The number of hydrogen-bond donors (Lipinski definition) is 0. The van der Waals surface area contributed by atoms with E-state index in [1.165, 1.54) is 66.9 Å². The largest absolute Gasteiger partial charge is 0.374 e. The summed E-state index contributed by atoms with van der Waals surface area (Å²) in [6.07, 6.45) is 0.469. The zero-order valence-electron chi connectivity index (χ0n) is 80.1. The lowest BCUT2D eigenvalue weighted by molar-refractivity contribution is 0.364. The summed E-state index contributed by atoms with van der Waals surface area (Å²) >= 11 is 0. The van der Waals surface area contributed by atoms with E-state index in [4.69, 9.17) is 78.9 Å². The molecule has 0 fully saturated rings. The first-order valence-electron chi connectivity index (χ1n) is 43.0. The van der Waals surface area contributed by atoms with E-state index in [-0.39, 0.29) is 37.0 Å². The number of fused-ring (bicyclic) bond motifs is 4. The lowest BCUT2D eigenvalue weighted by atomic mass is 9.97. The summed E-state index contributed by atoms with van der Waals surface area (Å²) in [7, 11) is 11.8. The standard InChI is InChI=1S/3C19H18N4.C18H16N4.C17H20N4.C16H18N4/c1-12-7-8-17(13(2)9-12)23-14(3)22(6)18-10-15(20-4)16(21-5)11-19(18)23;1-12-7-8-13(2)17(9-12)23-14(3)22(6)18-10-15(20-4)16(21-5)11-19(18)23;1-12-8-7-9-13(2)19(12)23-14(3)22(6)17-10-15(20-4)16(21-5)11-18(17)23;1-12-8-6-7-9-16(12)22-13(2)21(5)17-10-14(19-3)15(20-4)11-18(17)22;1-10-9-11(2)15(13(4)12(10)3)21-14(5)20(8)16(18-6)17(21)19-7;1-10-8-9-11(2)14(12(10)3)20-13(4)19(7)15(17-5)16(20)18-6/h3*7-11,14H,1-3,6H3;6-11,13H,1-2,5H3;9,14H,1-5,8H3;8-9,13H,1-4,7H3/t3*14-;13-;14-;13-/m000000/s1. The second kappa shape index (κ2) is 39.2. The molecule has 0 unspecified atom stereocenters. The highest BCUT2D eigenvalue weighted by atomic mass is 15.5. The zero-order valence-corrected chi connectivity index (χ0v) is 80.1. The van der Waals surface area contributed by atoms with Crippen molar-refractivity contribution < 1.29 is 0 Å². The molecule has 6 aliphatic heterocycles. The molecule has 24 nitrogen and oxygen atoms in total. The van der Waals surface area contributed by atoms with E-state index in [2.05, 4.69) is 300 Å². The Balaban J connectivity index is 0.000000153. The van der Waals surface area contributed by atoms with Crippen molar-refractivity contribution in [3.05, 3.63) is 384 Å². The number of para-hydroxylation sites is 2. The third-order valence-electron chi connectivity index (χ3n) is 26.4. The smallest absolute Gasteiger partial charge is 0.253 e. The number of rotatable bonds is 6. The summed E-state index contributed by atoms with van der Waals surface area (Å²) < 4.78 is 0. The fourth-order valence-electron chi connectivity index (χ4n) is 18.1. The van der Waals surface area contributed by atoms with Crippen LogP contribution in [0.3, 0.4) is 0 Å². The van der Waals surface area contributed by atoms with Crippen LogP contribution in [0.1, 0.15) is 119 Å². The minimum atomic E-state index is -0.0299. The van der Waals surface area contributed by atoms with Crippen LogP contribution in [-0.4, -0.2) is 89.1 Å². The van der Waals surface area contributed by atoms with Crippen molar-refractivity contribution >= 4 is 125 Å². The minimum Gasteiger partial charge on any atom is -0.374 e. The monoisotopic (exact) mass is 1740 g/mol. The molecular weight excluding hydrogens is 1630 g/mol. The van der Waals surface area contributed by atoms with Crippen molar-refractivity contribution in [2.45, 2.75) is 175 Å². The third-order valence-corrected chi connectivity index (χ3v) is 26.4. The van der Waals surface area contributed by atoms with E-state index in [9.17, 15) is 0 Å². The predicted molar refractivity (Wildman–Crippen MR) is 541 cm³/mol. The van der Waals surface area contributed by atoms with Gasteiger partial charge >= 0.3 is 0 Å². The number of benzene rings is 10. The highest BCUT2D eigenvalue weighted by molar-refractivity contribution is 5.97. The average Bonchev–Trinajstić information content (AvgIpc) is 1.60. The molecule has 132 heavy (non-hydrogen) atoms. The summed E-state index contributed by atoms with van der Waals surface area (Å²) in [5, 5.41) is 0. The molecule has 0 saturated carbocycles. The molecule has 0 radical (unpaired) electrons. The fourth-order valence-corrected chi connectivity index (χ4v) is 18.1. The Labute approximate surface area is 780 Å². The number of nitrogens with zero attached hydrogens (tertiary/aromatic N) is 24. The van der Waals surface area contributed by atoms with E-state index in [0.717, 1.165) is 90.6 Å². The van der Waals surface area contributed by atoms with Gasteiger partial charge in [-0.25, -0.2) is 0 Å². The molecule has 6 atom stereocenters. The zero-order chi connectivity index (χ0) is 96.9. The van der Waals surface area contributed by atoms with Gasteiger partial charge in [0.1, 0.15) is 36.0 Å². The van der Waals surface area contributed by atoms with Crippen molar-refractivity contribution in [1.29, 1.82) is 0 Å². The molecule has 6 aliphatic rings. The molecule has 0 saturated heterocycles. The van der Waals surface area contributed by atoms with Crippen LogP contribution in [-0.2, 0) is 0 Å². The van der Waals surface area contributed by atoms with E-state index < -0.39 is 0 Å². The molecule has 16 rings (SSSR count). The van der Waals surface area contributed by atoms with Gasteiger partial charge in [-0.3, -0.25) is 48.6 Å². The molecule has 0 N–H and O–H groups in total. The Morgan fingerprint density at radius 1 is 0.189 bits per heavy atom. The number of hydrogen-bond acceptors (Lipinski definition) is 12. The Morgan fingerprint density at radius 3 is 0.848 bits per heavy atom. The molecule has 10 aromatic carbocycles. The van der Waals surface area contributed by atoms with Crippen LogP contribution in [0.15, 0.2) is 169 Å². The van der Waals surface area contributed by atoms with Crippen LogP contribution in [0, 0.1) is 176 Å². The van der Waals surface area contributed by atoms with Gasteiger partial charge in [0.25, 0.3) is 11.6 Å². The summed E-state index contributed by atoms with van der Waals surface area (Å²) in [4.78, 5) is 67.7. The summed E-state index contributed by atoms with van der Waals surface area (Å²) in [5.74, 6) is 1.70. The van der Waals surface area contributed by atoms with E-state index >= 15 is 0 Å². The van der Waals surface area contributed by atoms with Crippen LogP contribution in [0.25, 0.3) is 58.1 Å². The average molecular weight is 1740 g/mol. The highest BCUT2D eigenvalue weighted by Gasteiger charge is 2.44. The maximum absolute atomic E-state index is 7.49. The van der Waals surface area contributed by atoms with Gasteiger partial charge in [-0.15, -0.1) is 0 Å². The van der Waals surface area contributed by atoms with E-state index in [0.29, 0.717) is 68.8 Å². The Morgan fingerprint density at radius 2 is 0.477 bits per heavy atom. The van der Waals surface area contributed by atoms with Gasteiger partial charge in [0.05, 0.1) is 89.4 Å². The van der Waals surface area contributed by atoms with Crippen molar-refractivity contribution in [1.82, 2.24) is 9.80 Å². The number of anilines is 14. The minimum absolute atomic E-state index is 0.0256. The van der Waals surface area contributed by atoms with Crippen molar-refractivity contribution in [3.63, 3.8) is 0 Å². The molecule has 10 aromatic rings. The van der Waals surface area contributed by atoms with Crippen molar-refractivity contribution in [3.8, 4) is 0 Å². The Bertz CT molecular complexity index is 6940. The molecule has 0 aromatic heterocycles. The first-order valence-corrected chi connectivity index (χ1v) is 43.0. The molecule has 0 spiro atoms. The predicted octanol–water partition coefficient (Wildman–Crippen LogP) is 28.7. The van der Waals surface area contributed by atoms with Crippen molar-refractivity contribution in [2.24, 2.45) is 0 Å². The SMILES string of the molecule is [C-]#[N+]C1=C([N+]#[C-])N(c2c(C)cc(C)c(C)c2C)[C@@H](C)N1C.[C-]#[N+]C1=C([N+]#[C-])N(c2c(C)ccc(C)c2C)[C@@H](C)N1C.[C-]#[N+]c1cc2c(cc1[N+]#[C-])N(c1c(C)cccc1C)[C@@H](C)N2C.[C-]#[N+]c1cc2c(cc1[N+]#[C-])N(c1cc(C)ccc1C)[C@@H](C)N2C.[C-]#[N+]c1cc2c(cc1[N+]#[C-])N(c1ccc(C)cc1C)[C@@H](C)N2C.[C-]#[N+]c1cc2c(cc1[N+]#[C-])N(c1ccccc1C)[C@@H](C)N2C. The molecule has 0 amide bonds. The molecule has 0 bridgehead atoms. The maximum Gasteiger partial charge on any atom is 0.253 e. The lowest BCUT2D eigenvalue weighted by Gasteiger charge is -2.30. The van der Waals surface area contributed by atoms with E-state index in [1.807, 2.05) is 143 Å². The van der Waals surface area contributed by atoms with Gasteiger partial charge in [-0.05, 0) is 264 Å². The summed E-state index contributed by atoms with van der Waals surface area (Å²) in [6, 6.07) is 48.3. The second-order valence-corrected chi connectivity index (χ2v) is 34.0. The normalized spacial score (nSPS) is 16.7. The third kappa shape index (κ3) is 17.3. The van der Waals surface area contributed by atoms with Gasteiger partial charge in [0.15, 0.2) is 45.5 Å². The molecule has 6 heterocycles. The summed E-state index contributed by atoms with van der Waals surface area (Å²) in [5.41, 5.74) is 34.7. The quantitative estimate of drug-likeness (QED) is 0.149. The molecular formula is C108H108N24. The number of aryl methyl sites for hydroxylation is 11. The van der Waals surface area contributed by atoms with Crippen LogP contribution < -0.4 is 49.0 Å². The van der Waals surface area contributed by atoms with Gasteiger partial charge < -0.3 is 68.4 Å². The topological polar surface area (TPSA) is 91.2 Å². The molecule has 24 heteroatoms. The van der Waals surface area contributed by atoms with Crippen LogP contribution in [0.2, 0.25) is 0 Å². The van der Waals surface area contributed by atoms with Crippen LogP contribution >= 0.6 is 0 Å². The van der Waals surface area contributed by atoms with Gasteiger partial charge in [-0.2, -0.15) is 0 Å². The van der Waals surface area contributed by atoms with Crippen LogP contribution in [0.5, 0.6) is 0 Å². The van der Waals surface area contributed by atoms with Gasteiger partial charge in [0, 0.05) is 87.5 Å².